The molecule has 0 unspecified atom stereocenters. The van der Waals surface area contributed by atoms with Crippen LogP contribution in [0.5, 0.6) is 0 Å². The van der Waals surface area contributed by atoms with Crippen LogP contribution in [0.1, 0.15) is 17.0 Å². The van der Waals surface area contributed by atoms with Gasteiger partial charge in [0.05, 0.1) is 11.8 Å². The van der Waals surface area contributed by atoms with E-state index in [0.717, 1.165) is 6.42 Å². The zero-order chi connectivity index (χ0) is 12.9. The van der Waals surface area contributed by atoms with Crippen LogP contribution in [0.25, 0.3) is 0 Å². The van der Waals surface area contributed by atoms with Crippen LogP contribution in [0.3, 0.4) is 0 Å². The van der Waals surface area contributed by atoms with E-state index in [1.165, 1.54) is 4.57 Å². The molecule has 0 radical (unpaired) electrons. The molecular formula is C13H14N2O3. The zero-order valence-electron chi connectivity index (χ0n) is 9.98. The molecule has 5 heteroatoms. The lowest BCUT2D eigenvalue weighted by Gasteiger charge is -2.23. The van der Waals surface area contributed by atoms with Crippen molar-refractivity contribution in [1.82, 2.24) is 9.55 Å². The van der Waals surface area contributed by atoms with Crippen LogP contribution in [0, 0.1) is 30.6 Å². The fourth-order valence-electron chi connectivity index (χ4n) is 3.27. The highest BCUT2D eigenvalue weighted by molar-refractivity contribution is 5.88. The van der Waals surface area contributed by atoms with E-state index in [2.05, 4.69) is 4.98 Å². The largest absolute Gasteiger partial charge is 0.481 e. The number of carbonyl (C=O) groups excluding carboxylic acids is 1. The van der Waals surface area contributed by atoms with Crippen molar-refractivity contribution in [3.8, 4) is 0 Å². The maximum atomic E-state index is 12.5. The first kappa shape index (κ1) is 11.2. The first-order valence-corrected chi connectivity index (χ1v) is 6.05. The van der Waals surface area contributed by atoms with Crippen molar-refractivity contribution in [2.75, 3.05) is 0 Å². The summed E-state index contributed by atoms with van der Waals surface area (Å²) in [5, 5.41) is 9.31. The molecule has 1 fully saturated rings. The highest BCUT2D eigenvalue weighted by Crippen LogP contribution is 2.48. The van der Waals surface area contributed by atoms with Crippen LogP contribution in [0.15, 0.2) is 24.5 Å². The number of imidazole rings is 1. The van der Waals surface area contributed by atoms with E-state index >= 15 is 0 Å². The maximum Gasteiger partial charge on any atom is 0.307 e. The molecule has 0 spiro atoms. The van der Waals surface area contributed by atoms with Crippen LogP contribution < -0.4 is 0 Å². The minimum atomic E-state index is -0.872. The average Bonchev–Trinajstić information content (AvgIpc) is 3.01. The lowest BCUT2D eigenvalue weighted by molar-refractivity contribution is -0.143. The lowest BCUT2D eigenvalue weighted by atomic mass is 9.82. The maximum absolute atomic E-state index is 12.5. The van der Waals surface area contributed by atoms with Gasteiger partial charge in [-0.05, 0) is 25.2 Å². The average molecular weight is 246 g/mol. The first-order valence-electron chi connectivity index (χ1n) is 6.05. The molecule has 0 aliphatic heterocycles. The molecule has 5 nitrogen and oxygen atoms in total. The second kappa shape index (κ2) is 3.80. The third-order valence-corrected chi connectivity index (χ3v) is 4.09. The molecule has 0 saturated heterocycles. The Balaban J connectivity index is 1.96. The quantitative estimate of drug-likeness (QED) is 0.799. The summed E-state index contributed by atoms with van der Waals surface area (Å²) in [4.78, 5) is 27.8. The number of carboxylic acid groups (broad SMARTS) is 1. The molecule has 4 atom stereocenters. The van der Waals surface area contributed by atoms with E-state index in [-0.39, 0.29) is 17.7 Å². The smallest absolute Gasteiger partial charge is 0.307 e. The summed E-state index contributed by atoms with van der Waals surface area (Å²) in [6.07, 6.45) is 7.87. The van der Waals surface area contributed by atoms with Crippen LogP contribution in [-0.2, 0) is 4.79 Å². The molecule has 1 heterocycles. The van der Waals surface area contributed by atoms with Crippen LogP contribution in [-0.4, -0.2) is 26.5 Å². The van der Waals surface area contributed by atoms with Crippen molar-refractivity contribution in [2.24, 2.45) is 23.7 Å². The SMILES string of the molecule is Cc1nccn1C(=O)[C@H]1[C@H](C(=O)O)[C@H]2C=C[C@H]1C2. The van der Waals surface area contributed by atoms with E-state index in [4.69, 9.17) is 0 Å². The Morgan fingerprint density at radius 2 is 2.00 bits per heavy atom. The molecule has 94 valence electrons. The van der Waals surface area contributed by atoms with Crippen molar-refractivity contribution >= 4 is 11.9 Å². The summed E-state index contributed by atoms with van der Waals surface area (Å²) in [7, 11) is 0. The second-order valence-electron chi connectivity index (χ2n) is 5.02. The van der Waals surface area contributed by atoms with Crippen LogP contribution in [0.4, 0.5) is 0 Å². The molecule has 2 aliphatic carbocycles. The molecule has 1 aromatic heterocycles. The number of nitrogens with zero attached hydrogens (tertiary/aromatic N) is 2. The number of fused-ring (bicyclic) bond motifs is 2. The predicted octanol–water partition coefficient (Wildman–Crippen LogP) is 1.35. The van der Waals surface area contributed by atoms with E-state index in [0.29, 0.717) is 5.82 Å². The van der Waals surface area contributed by atoms with Gasteiger partial charge in [0.2, 0.25) is 5.91 Å². The summed E-state index contributed by atoms with van der Waals surface area (Å²) >= 11 is 0. The van der Waals surface area contributed by atoms with Gasteiger partial charge in [-0.2, -0.15) is 0 Å². The Kier molecular flexibility index (Phi) is 2.36. The molecule has 1 saturated carbocycles. The summed E-state index contributed by atoms with van der Waals surface area (Å²) in [5.74, 6) is -1.39. The number of carbonyl (C=O) groups is 2. The summed E-state index contributed by atoms with van der Waals surface area (Å²) in [6.45, 7) is 1.75. The topological polar surface area (TPSA) is 72.2 Å². The van der Waals surface area contributed by atoms with Crippen LogP contribution in [0.2, 0.25) is 0 Å². The van der Waals surface area contributed by atoms with Crippen molar-refractivity contribution in [3.05, 3.63) is 30.4 Å². The number of hydrogen-bond acceptors (Lipinski definition) is 3. The van der Waals surface area contributed by atoms with Crippen molar-refractivity contribution in [3.63, 3.8) is 0 Å². The second-order valence-corrected chi connectivity index (χ2v) is 5.02. The minimum absolute atomic E-state index is 0.00489. The molecule has 0 amide bonds. The van der Waals surface area contributed by atoms with E-state index in [1.54, 1.807) is 19.3 Å². The van der Waals surface area contributed by atoms with Gasteiger partial charge in [-0.1, -0.05) is 12.2 Å². The van der Waals surface area contributed by atoms with Crippen molar-refractivity contribution < 1.29 is 14.7 Å². The van der Waals surface area contributed by atoms with Crippen molar-refractivity contribution in [1.29, 1.82) is 0 Å². The van der Waals surface area contributed by atoms with E-state index in [9.17, 15) is 14.7 Å². The van der Waals surface area contributed by atoms with Crippen molar-refractivity contribution in [2.45, 2.75) is 13.3 Å². The third kappa shape index (κ3) is 1.43. The van der Waals surface area contributed by atoms with E-state index in [1.807, 2.05) is 12.2 Å². The third-order valence-electron chi connectivity index (χ3n) is 4.09. The monoisotopic (exact) mass is 246 g/mol. The molecule has 3 rings (SSSR count). The van der Waals surface area contributed by atoms with Gasteiger partial charge in [-0.15, -0.1) is 0 Å². The normalized spacial score (nSPS) is 32.9. The molecular weight excluding hydrogens is 232 g/mol. The number of allylic oxidation sites excluding steroid dienone is 2. The first-order chi connectivity index (χ1) is 8.59. The van der Waals surface area contributed by atoms with Gasteiger partial charge in [0.15, 0.2) is 0 Å². The standard InChI is InChI=1S/C13H14N2O3/c1-7-14-4-5-15(7)12(16)10-8-2-3-9(6-8)11(10)13(17)18/h2-5,8-11H,6H2,1H3,(H,17,18)/t8-,9-,10+,11+/m0/s1. The van der Waals surface area contributed by atoms with Gasteiger partial charge >= 0.3 is 5.97 Å². The van der Waals surface area contributed by atoms with Gasteiger partial charge in [0, 0.05) is 12.4 Å². The molecule has 2 bridgehead atoms. The minimum Gasteiger partial charge on any atom is -0.481 e. The van der Waals surface area contributed by atoms with E-state index < -0.39 is 17.8 Å². The fraction of sp³-hybridized carbons (Fsp3) is 0.462. The Morgan fingerprint density at radius 1 is 1.33 bits per heavy atom. The molecule has 2 aliphatic rings. The van der Waals surface area contributed by atoms with Gasteiger partial charge in [0.25, 0.3) is 0 Å². The lowest BCUT2D eigenvalue weighted by Crippen LogP contribution is -2.36. The fourth-order valence-corrected chi connectivity index (χ4v) is 3.27. The van der Waals surface area contributed by atoms with Gasteiger partial charge < -0.3 is 5.11 Å². The zero-order valence-corrected chi connectivity index (χ0v) is 9.98. The van der Waals surface area contributed by atoms with Gasteiger partial charge in [-0.3, -0.25) is 14.2 Å². The molecule has 18 heavy (non-hydrogen) atoms. The number of aromatic nitrogens is 2. The molecule has 1 aromatic rings. The number of hydrogen-bond donors (Lipinski definition) is 1. The summed E-state index contributed by atoms with van der Waals surface area (Å²) in [6, 6.07) is 0. The Hall–Kier alpha value is -1.91. The number of rotatable bonds is 2. The van der Waals surface area contributed by atoms with Gasteiger partial charge in [-0.25, -0.2) is 4.98 Å². The van der Waals surface area contributed by atoms with Crippen LogP contribution >= 0.6 is 0 Å². The summed E-state index contributed by atoms with van der Waals surface area (Å²) < 4.78 is 1.47. The summed E-state index contributed by atoms with van der Waals surface area (Å²) in [5.41, 5.74) is 0. The number of aryl methyl sites for hydroxylation is 1. The molecule has 0 aromatic carbocycles. The predicted molar refractivity (Wildman–Crippen MR) is 62.9 cm³/mol. The van der Waals surface area contributed by atoms with Gasteiger partial charge in [0.1, 0.15) is 5.82 Å². The Bertz CT molecular complexity index is 546. The number of carboxylic acids is 1. The Labute approximate surface area is 104 Å². The highest BCUT2D eigenvalue weighted by Gasteiger charge is 2.52. The Morgan fingerprint density at radius 3 is 2.56 bits per heavy atom. The highest BCUT2D eigenvalue weighted by atomic mass is 16.4. The number of aliphatic carboxylic acids is 1. The molecule has 1 N–H and O–H groups in total.